The lowest BCUT2D eigenvalue weighted by atomic mass is 10.1. The smallest absolute Gasteiger partial charge is 0.326 e. The monoisotopic (exact) mass is 241 g/mol. The van der Waals surface area contributed by atoms with E-state index in [1.54, 1.807) is 0 Å². The first-order chi connectivity index (χ1) is 8.18. The number of nitrogens with zero attached hydrogens (tertiary/aromatic N) is 1. The number of likely N-dealkylation sites (tertiary alicyclic amines) is 1. The number of carboxylic acids is 1. The third-order valence-electron chi connectivity index (χ3n) is 3.53. The number of hydrogen-bond acceptors (Lipinski definition) is 3. The van der Waals surface area contributed by atoms with E-state index in [4.69, 9.17) is 9.84 Å². The number of hydrogen-bond donors (Lipinski definition) is 1. The van der Waals surface area contributed by atoms with Crippen LogP contribution in [0, 0.1) is 0 Å². The molecule has 1 N–H and O–H groups in total. The molecule has 0 aromatic rings. The molecule has 0 radical (unpaired) electrons. The standard InChI is InChI=1S/C12H19NO4/c14-11(8-9-4-1-2-7-17-9)13-6-3-5-10(13)12(15)16/h9-10H,1-8H2,(H,15,16)/t9?,10-/m0/s1. The van der Waals surface area contributed by atoms with E-state index in [1.165, 1.54) is 4.90 Å². The van der Waals surface area contributed by atoms with Crippen molar-refractivity contribution < 1.29 is 19.4 Å². The first-order valence-electron chi connectivity index (χ1n) is 6.32. The van der Waals surface area contributed by atoms with Gasteiger partial charge in [-0.2, -0.15) is 0 Å². The molecule has 5 heteroatoms. The second-order valence-electron chi connectivity index (χ2n) is 4.78. The van der Waals surface area contributed by atoms with Crippen molar-refractivity contribution in [3.05, 3.63) is 0 Å². The molecule has 1 unspecified atom stereocenters. The Kier molecular flexibility index (Phi) is 3.99. The fourth-order valence-electron chi connectivity index (χ4n) is 2.60. The van der Waals surface area contributed by atoms with Crippen molar-refractivity contribution in [3.63, 3.8) is 0 Å². The Labute approximate surface area is 101 Å². The quantitative estimate of drug-likeness (QED) is 0.801. The van der Waals surface area contributed by atoms with Crippen molar-refractivity contribution in [1.82, 2.24) is 4.90 Å². The van der Waals surface area contributed by atoms with E-state index in [1.807, 2.05) is 0 Å². The Hall–Kier alpha value is -1.10. The van der Waals surface area contributed by atoms with Gasteiger partial charge in [0.2, 0.25) is 5.91 Å². The van der Waals surface area contributed by atoms with E-state index in [2.05, 4.69) is 0 Å². The zero-order chi connectivity index (χ0) is 12.3. The Morgan fingerprint density at radius 3 is 2.71 bits per heavy atom. The van der Waals surface area contributed by atoms with Crippen LogP contribution < -0.4 is 0 Å². The van der Waals surface area contributed by atoms with Gasteiger partial charge < -0.3 is 14.7 Å². The van der Waals surface area contributed by atoms with Crippen LogP contribution in [0.5, 0.6) is 0 Å². The highest BCUT2D eigenvalue weighted by Gasteiger charge is 2.34. The van der Waals surface area contributed by atoms with Gasteiger partial charge in [-0.15, -0.1) is 0 Å². The zero-order valence-electron chi connectivity index (χ0n) is 9.93. The van der Waals surface area contributed by atoms with Crippen LogP contribution in [0.2, 0.25) is 0 Å². The molecule has 2 aliphatic heterocycles. The number of rotatable bonds is 3. The van der Waals surface area contributed by atoms with E-state index >= 15 is 0 Å². The van der Waals surface area contributed by atoms with Gasteiger partial charge in [-0.3, -0.25) is 4.79 Å². The highest BCUT2D eigenvalue weighted by molar-refractivity contribution is 5.84. The maximum Gasteiger partial charge on any atom is 0.326 e. The molecule has 2 saturated heterocycles. The summed E-state index contributed by atoms with van der Waals surface area (Å²) in [5, 5.41) is 9.01. The van der Waals surface area contributed by atoms with Gasteiger partial charge in [0.15, 0.2) is 0 Å². The molecule has 2 rings (SSSR count). The van der Waals surface area contributed by atoms with Crippen LogP contribution in [0.15, 0.2) is 0 Å². The molecule has 0 saturated carbocycles. The van der Waals surface area contributed by atoms with Gasteiger partial charge in [0, 0.05) is 13.2 Å². The zero-order valence-corrected chi connectivity index (χ0v) is 9.93. The first kappa shape index (κ1) is 12.4. The van der Waals surface area contributed by atoms with Crippen LogP contribution in [0.3, 0.4) is 0 Å². The third-order valence-corrected chi connectivity index (χ3v) is 3.53. The molecule has 2 fully saturated rings. The average Bonchev–Trinajstić information content (AvgIpc) is 2.79. The molecule has 0 aliphatic carbocycles. The molecule has 0 spiro atoms. The van der Waals surface area contributed by atoms with E-state index in [0.717, 1.165) is 32.3 Å². The van der Waals surface area contributed by atoms with Crippen molar-refractivity contribution in [1.29, 1.82) is 0 Å². The molecule has 0 aromatic carbocycles. The maximum atomic E-state index is 12.0. The molecule has 0 aromatic heterocycles. The Balaban J connectivity index is 1.88. The molecular formula is C12H19NO4. The van der Waals surface area contributed by atoms with Gasteiger partial charge in [-0.1, -0.05) is 0 Å². The molecule has 17 heavy (non-hydrogen) atoms. The summed E-state index contributed by atoms with van der Waals surface area (Å²) in [6, 6.07) is -0.619. The highest BCUT2D eigenvalue weighted by Crippen LogP contribution is 2.22. The van der Waals surface area contributed by atoms with Crippen molar-refractivity contribution in [2.45, 2.75) is 50.7 Å². The van der Waals surface area contributed by atoms with Crippen LogP contribution in [0.25, 0.3) is 0 Å². The van der Waals surface area contributed by atoms with Gasteiger partial charge in [0.05, 0.1) is 12.5 Å². The van der Waals surface area contributed by atoms with Crippen LogP contribution >= 0.6 is 0 Å². The van der Waals surface area contributed by atoms with Crippen molar-refractivity contribution >= 4 is 11.9 Å². The van der Waals surface area contributed by atoms with E-state index in [0.29, 0.717) is 19.4 Å². The minimum absolute atomic E-state index is 0.00806. The lowest BCUT2D eigenvalue weighted by Crippen LogP contribution is -2.42. The largest absolute Gasteiger partial charge is 0.480 e. The topological polar surface area (TPSA) is 66.8 Å². The van der Waals surface area contributed by atoms with Crippen LogP contribution in [-0.2, 0) is 14.3 Å². The normalized spacial score (nSPS) is 29.3. The number of amides is 1. The van der Waals surface area contributed by atoms with Crippen molar-refractivity contribution in [3.8, 4) is 0 Å². The number of aliphatic carboxylic acids is 1. The maximum absolute atomic E-state index is 12.0. The van der Waals surface area contributed by atoms with Gasteiger partial charge in [0.25, 0.3) is 0 Å². The Morgan fingerprint density at radius 2 is 2.06 bits per heavy atom. The minimum atomic E-state index is -0.889. The number of carbonyl (C=O) groups is 2. The van der Waals surface area contributed by atoms with Crippen LogP contribution in [0.4, 0.5) is 0 Å². The highest BCUT2D eigenvalue weighted by atomic mass is 16.5. The van der Waals surface area contributed by atoms with Gasteiger partial charge in [-0.25, -0.2) is 4.79 Å². The molecular weight excluding hydrogens is 222 g/mol. The van der Waals surface area contributed by atoms with E-state index in [-0.39, 0.29) is 12.0 Å². The number of ether oxygens (including phenoxy) is 1. The summed E-state index contributed by atoms with van der Waals surface area (Å²) in [4.78, 5) is 24.5. The van der Waals surface area contributed by atoms with E-state index < -0.39 is 12.0 Å². The van der Waals surface area contributed by atoms with Gasteiger partial charge >= 0.3 is 5.97 Å². The lowest BCUT2D eigenvalue weighted by molar-refractivity contribution is -0.149. The number of carboxylic acid groups (broad SMARTS) is 1. The first-order valence-corrected chi connectivity index (χ1v) is 6.32. The summed E-state index contributed by atoms with van der Waals surface area (Å²) in [5.41, 5.74) is 0. The fraction of sp³-hybridized carbons (Fsp3) is 0.833. The molecule has 96 valence electrons. The summed E-state index contributed by atoms with van der Waals surface area (Å²) in [6.45, 7) is 1.29. The lowest BCUT2D eigenvalue weighted by Gasteiger charge is -2.26. The van der Waals surface area contributed by atoms with Crippen molar-refractivity contribution in [2.24, 2.45) is 0 Å². The van der Waals surface area contributed by atoms with Gasteiger partial charge in [0.1, 0.15) is 6.04 Å². The summed E-state index contributed by atoms with van der Waals surface area (Å²) in [7, 11) is 0. The van der Waals surface area contributed by atoms with E-state index in [9.17, 15) is 9.59 Å². The predicted octanol–water partition coefficient (Wildman–Crippen LogP) is 1.02. The minimum Gasteiger partial charge on any atom is -0.480 e. The predicted molar refractivity (Wildman–Crippen MR) is 60.6 cm³/mol. The summed E-state index contributed by atoms with van der Waals surface area (Å²) in [5.74, 6) is -0.956. The SMILES string of the molecule is O=C(O)[C@@H]1CCCN1C(=O)CC1CCCCO1. The molecule has 0 bridgehead atoms. The molecule has 1 amide bonds. The summed E-state index contributed by atoms with van der Waals surface area (Å²) < 4.78 is 5.51. The number of carbonyl (C=O) groups excluding carboxylic acids is 1. The van der Waals surface area contributed by atoms with Crippen molar-refractivity contribution in [2.75, 3.05) is 13.2 Å². The second-order valence-corrected chi connectivity index (χ2v) is 4.78. The van der Waals surface area contributed by atoms with Crippen LogP contribution in [0.1, 0.15) is 38.5 Å². The molecule has 2 aliphatic rings. The molecule has 5 nitrogen and oxygen atoms in total. The molecule has 2 atom stereocenters. The average molecular weight is 241 g/mol. The third kappa shape index (κ3) is 2.97. The Bertz CT molecular complexity index is 299. The Morgan fingerprint density at radius 1 is 1.24 bits per heavy atom. The summed E-state index contributed by atoms with van der Waals surface area (Å²) >= 11 is 0. The fourth-order valence-corrected chi connectivity index (χ4v) is 2.60. The van der Waals surface area contributed by atoms with Crippen LogP contribution in [-0.4, -0.2) is 47.2 Å². The van der Waals surface area contributed by atoms with Gasteiger partial charge in [-0.05, 0) is 32.1 Å². The summed E-state index contributed by atoms with van der Waals surface area (Å²) in [6.07, 6.45) is 4.76. The molecule has 2 heterocycles. The second kappa shape index (κ2) is 5.49.